The third-order valence-electron chi connectivity index (χ3n) is 2.37. The van der Waals surface area contributed by atoms with Crippen molar-refractivity contribution >= 4 is 34.8 Å². The molecule has 1 aromatic heterocycles. The minimum absolute atomic E-state index is 0.0181. The standard InChI is InChI=1S/C11H10Cl2FN5O/c12-8-1-6(14)2-9(13)11(8)16-10(20)5-19-4-7(3-15)17-18-19/h1-2,4H,3,5,15H2,(H,16,20). The van der Waals surface area contributed by atoms with E-state index in [2.05, 4.69) is 15.6 Å². The summed E-state index contributed by atoms with van der Waals surface area (Å²) in [5.74, 6) is -1.00. The second kappa shape index (κ2) is 6.17. The highest BCUT2D eigenvalue weighted by atomic mass is 35.5. The first kappa shape index (κ1) is 14.7. The number of anilines is 1. The molecule has 2 rings (SSSR count). The van der Waals surface area contributed by atoms with Crippen molar-refractivity contribution in [3.63, 3.8) is 0 Å². The lowest BCUT2D eigenvalue weighted by Gasteiger charge is -2.09. The van der Waals surface area contributed by atoms with Crippen LogP contribution in [-0.4, -0.2) is 20.9 Å². The molecule has 0 bridgehead atoms. The summed E-state index contributed by atoms with van der Waals surface area (Å²) >= 11 is 11.6. The molecule has 0 saturated heterocycles. The number of halogens is 3. The maximum atomic E-state index is 13.0. The van der Waals surface area contributed by atoms with Gasteiger partial charge in [-0.05, 0) is 12.1 Å². The summed E-state index contributed by atoms with van der Waals surface area (Å²) in [7, 11) is 0. The smallest absolute Gasteiger partial charge is 0.246 e. The van der Waals surface area contributed by atoms with E-state index in [1.54, 1.807) is 6.20 Å². The monoisotopic (exact) mass is 317 g/mol. The van der Waals surface area contributed by atoms with Crippen molar-refractivity contribution < 1.29 is 9.18 Å². The second-order valence-electron chi connectivity index (χ2n) is 3.90. The lowest BCUT2D eigenvalue weighted by molar-refractivity contribution is -0.116. The molecule has 0 aliphatic heterocycles. The Kier molecular flexibility index (Phi) is 4.53. The number of amides is 1. The predicted octanol–water partition coefficient (Wildman–Crippen LogP) is 1.82. The molecular weight excluding hydrogens is 308 g/mol. The maximum absolute atomic E-state index is 13.0. The number of hydrogen-bond donors (Lipinski definition) is 2. The maximum Gasteiger partial charge on any atom is 0.246 e. The zero-order chi connectivity index (χ0) is 14.7. The highest BCUT2D eigenvalue weighted by molar-refractivity contribution is 6.39. The summed E-state index contributed by atoms with van der Waals surface area (Å²) in [5.41, 5.74) is 6.10. The predicted molar refractivity (Wildman–Crippen MR) is 73.0 cm³/mol. The fraction of sp³-hybridized carbons (Fsp3) is 0.182. The Morgan fingerprint density at radius 2 is 2.05 bits per heavy atom. The molecule has 3 N–H and O–H groups in total. The second-order valence-corrected chi connectivity index (χ2v) is 4.72. The van der Waals surface area contributed by atoms with E-state index in [4.69, 9.17) is 28.9 Å². The number of rotatable bonds is 4. The molecule has 0 unspecified atom stereocenters. The Bertz CT molecular complexity index is 622. The van der Waals surface area contributed by atoms with E-state index >= 15 is 0 Å². The zero-order valence-corrected chi connectivity index (χ0v) is 11.6. The largest absolute Gasteiger partial charge is 0.325 e. The Balaban J connectivity index is 2.08. The molecule has 0 spiro atoms. The number of hydrogen-bond acceptors (Lipinski definition) is 4. The normalized spacial score (nSPS) is 10.6. The number of aromatic nitrogens is 3. The van der Waals surface area contributed by atoms with E-state index in [1.807, 2.05) is 0 Å². The molecule has 0 aliphatic rings. The van der Waals surface area contributed by atoms with E-state index in [1.165, 1.54) is 4.68 Å². The molecule has 0 saturated carbocycles. The fourth-order valence-electron chi connectivity index (χ4n) is 1.50. The van der Waals surface area contributed by atoms with Crippen LogP contribution in [0.15, 0.2) is 18.3 Å². The van der Waals surface area contributed by atoms with Gasteiger partial charge in [0.05, 0.1) is 27.6 Å². The van der Waals surface area contributed by atoms with Crippen LogP contribution in [0.4, 0.5) is 10.1 Å². The molecule has 0 radical (unpaired) electrons. The fourth-order valence-corrected chi connectivity index (χ4v) is 2.05. The quantitative estimate of drug-likeness (QED) is 0.900. The average Bonchev–Trinajstić information content (AvgIpc) is 2.81. The summed E-state index contributed by atoms with van der Waals surface area (Å²) in [6.45, 7) is 0.147. The van der Waals surface area contributed by atoms with E-state index in [0.29, 0.717) is 5.69 Å². The lowest BCUT2D eigenvalue weighted by Crippen LogP contribution is -2.19. The van der Waals surface area contributed by atoms with Gasteiger partial charge in [-0.3, -0.25) is 4.79 Å². The molecule has 0 fully saturated rings. The van der Waals surface area contributed by atoms with Crippen LogP contribution in [0.5, 0.6) is 0 Å². The molecule has 1 amide bonds. The van der Waals surface area contributed by atoms with Gasteiger partial charge in [-0.25, -0.2) is 9.07 Å². The summed E-state index contributed by atoms with van der Waals surface area (Å²) in [4.78, 5) is 11.8. The molecule has 2 aromatic rings. The Morgan fingerprint density at radius 1 is 1.40 bits per heavy atom. The van der Waals surface area contributed by atoms with Crippen LogP contribution in [0, 0.1) is 5.82 Å². The lowest BCUT2D eigenvalue weighted by atomic mass is 10.3. The summed E-state index contributed by atoms with van der Waals surface area (Å²) in [6, 6.07) is 2.12. The van der Waals surface area contributed by atoms with Gasteiger partial charge in [-0.15, -0.1) is 5.10 Å². The number of carbonyl (C=O) groups excluding carboxylic acids is 1. The molecule has 0 atom stereocenters. The van der Waals surface area contributed by atoms with Crippen LogP contribution in [0.25, 0.3) is 0 Å². The summed E-state index contributed by atoms with van der Waals surface area (Å²) in [5, 5.41) is 10.0. The molecule has 106 valence electrons. The minimum Gasteiger partial charge on any atom is -0.325 e. The highest BCUT2D eigenvalue weighted by Gasteiger charge is 2.12. The van der Waals surface area contributed by atoms with Gasteiger partial charge < -0.3 is 11.1 Å². The Hall–Kier alpha value is -1.70. The van der Waals surface area contributed by atoms with Gasteiger partial charge in [0.15, 0.2) is 0 Å². The Labute approximate surface area is 123 Å². The molecule has 1 heterocycles. The molecule has 9 heteroatoms. The SMILES string of the molecule is NCc1cn(CC(=O)Nc2c(Cl)cc(F)cc2Cl)nn1. The first-order chi connectivity index (χ1) is 9.49. The number of nitrogens with one attached hydrogen (secondary N) is 1. The van der Waals surface area contributed by atoms with Gasteiger partial charge in [-0.1, -0.05) is 28.4 Å². The number of carbonyl (C=O) groups is 1. The first-order valence-corrected chi connectivity index (χ1v) is 6.28. The van der Waals surface area contributed by atoms with Crippen molar-refractivity contribution in [1.29, 1.82) is 0 Å². The van der Waals surface area contributed by atoms with E-state index < -0.39 is 11.7 Å². The minimum atomic E-state index is -0.582. The van der Waals surface area contributed by atoms with E-state index in [9.17, 15) is 9.18 Å². The summed E-state index contributed by atoms with van der Waals surface area (Å²) in [6.07, 6.45) is 1.55. The van der Waals surface area contributed by atoms with Crippen molar-refractivity contribution in [3.05, 3.63) is 39.9 Å². The zero-order valence-electron chi connectivity index (χ0n) is 10.1. The van der Waals surface area contributed by atoms with Crippen LogP contribution >= 0.6 is 23.2 Å². The van der Waals surface area contributed by atoms with Crippen molar-refractivity contribution in [1.82, 2.24) is 15.0 Å². The number of nitrogens with zero attached hydrogens (tertiary/aromatic N) is 3. The van der Waals surface area contributed by atoms with Gasteiger partial charge in [0.1, 0.15) is 12.4 Å². The first-order valence-electron chi connectivity index (χ1n) is 5.53. The molecule has 20 heavy (non-hydrogen) atoms. The molecule has 6 nitrogen and oxygen atoms in total. The van der Waals surface area contributed by atoms with Crippen molar-refractivity contribution in [3.8, 4) is 0 Å². The van der Waals surface area contributed by atoms with Crippen molar-refractivity contribution in [2.75, 3.05) is 5.32 Å². The molecule has 0 aliphatic carbocycles. The van der Waals surface area contributed by atoms with Crippen LogP contribution in [0.2, 0.25) is 10.0 Å². The van der Waals surface area contributed by atoms with Gasteiger partial charge in [-0.2, -0.15) is 0 Å². The third kappa shape index (κ3) is 3.44. The highest BCUT2D eigenvalue weighted by Crippen LogP contribution is 2.31. The van der Waals surface area contributed by atoms with Crippen LogP contribution in [-0.2, 0) is 17.9 Å². The summed E-state index contributed by atoms with van der Waals surface area (Å²) < 4.78 is 14.3. The molecule has 1 aromatic carbocycles. The van der Waals surface area contributed by atoms with Gasteiger partial charge >= 0.3 is 0 Å². The topological polar surface area (TPSA) is 85.8 Å². The number of nitrogens with two attached hydrogens (primary N) is 1. The van der Waals surface area contributed by atoms with Gasteiger partial charge in [0.25, 0.3) is 0 Å². The third-order valence-corrected chi connectivity index (χ3v) is 2.97. The van der Waals surface area contributed by atoms with Crippen LogP contribution < -0.4 is 11.1 Å². The van der Waals surface area contributed by atoms with Crippen LogP contribution in [0.3, 0.4) is 0 Å². The van der Waals surface area contributed by atoms with E-state index in [-0.39, 0.29) is 28.8 Å². The van der Waals surface area contributed by atoms with Crippen LogP contribution in [0.1, 0.15) is 5.69 Å². The van der Waals surface area contributed by atoms with E-state index in [0.717, 1.165) is 12.1 Å². The molecular formula is C11H10Cl2FN5O. The Morgan fingerprint density at radius 3 is 2.60 bits per heavy atom. The number of benzene rings is 1. The average molecular weight is 318 g/mol. The van der Waals surface area contributed by atoms with Crippen molar-refractivity contribution in [2.45, 2.75) is 13.1 Å². The van der Waals surface area contributed by atoms with Gasteiger partial charge in [0, 0.05) is 6.54 Å². The van der Waals surface area contributed by atoms with Crippen molar-refractivity contribution in [2.24, 2.45) is 5.73 Å². The van der Waals surface area contributed by atoms with Gasteiger partial charge in [0.2, 0.25) is 5.91 Å².